The van der Waals surface area contributed by atoms with Gasteiger partial charge in [-0.05, 0) is 72.2 Å². The summed E-state index contributed by atoms with van der Waals surface area (Å²) in [6.07, 6.45) is 4.13. The Morgan fingerprint density at radius 3 is 1.10 bits per heavy atom. The summed E-state index contributed by atoms with van der Waals surface area (Å²) in [5.41, 5.74) is 5.42. The number of aryl methyl sites for hydroxylation is 2. The molecule has 2 aromatic carbocycles. The summed E-state index contributed by atoms with van der Waals surface area (Å²) in [4.78, 5) is 0. The van der Waals surface area contributed by atoms with Crippen molar-refractivity contribution in [1.29, 1.82) is 0 Å². The summed E-state index contributed by atoms with van der Waals surface area (Å²) in [5, 5.41) is 0. The van der Waals surface area contributed by atoms with Crippen LogP contribution in [-0.2, 0) is 25.7 Å². The molecular weight excluding hydrogens is 512 g/mol. The molecule has 0 saturated heterocycles. The third kappa shape index (κ3) is 3.08. The van der Waals surface area contributed by atoms with Crippen molar-refractivity contribution in [3.8, 4) is 0 Å². The number of rotatable bonds is 0. The van der Waals surface area contributed by atoms with Crippen LogP contribution in [0.5, 0.6) is 0 Å². The van der Waals surface area contributed by atoms with Crippen LogP contribution in [0.15, 0.2) is 42.2 Å². The monoisotopic (exact) mass is 520 g/mol. The molecule has 0 aromatic heterocycles. The molecule has 0 atom stereocenters. The van der Waals surface area contributed by atoms with Crippen LogP contribution < -0.4 is 0 Å². The average molecular weight is 524 g/mol. The van der Waals surface area contributed by atoms with E-state index in [1.165, 1.54) is 40.1 Å². The van der Waals surface area contributed by atoms with E-state index in [2.05, 4.69) is 88.0 Å². The van der Waals surface area contributed by atoms with Crippen LogP contribution in [0.4, 0.5) is 0 Å². The van der Waals surface area contributed by atoms with E-state index < -0.39 is 0 Å². The number of hydrogen-bond donors (Lipinski definition) is 0. The standard InChI is InChI=1S/C16H12Br4/c17-13-5-9-1-3-11-15(19)7-10(8-16(11)20)2-4-12(13)14(18)6-9/h5-8H,1-4H2. The maximum absolute atomic E-state index is 3.72. The molecule has 0 radical (unpaired) electrons. The van der Waals surface area contributed by atoms with Crippen LogP contribution in [0, 0.1) is 0 Å². The Morgan fingerprint density at radius 2 is 0.800 bits per heavy atom. The largest absolute Gasteiger partial charge is 0.0505 e. The molecule has 0 fully saturated rings. The highest BCUT2D eigenvalue weighted by atomic mass is 79.9. The third-order valence-corrected chi connectivity index (χ3v) is 6.56. The zero-order valence-corrected chi connectivity index (χ0v) is 17.0. The van der Waals surface area contributed by atoms with Crippen molar-refractivity contribution in [1.82, 2.24) is 0 Å². The van der Waals surface area contributed by atoms with Gasteiger partial charge in [-0.1, -0.05) is 63.7 Å². The Balaban J connectivity index is 2.11. The summed E-state index contributed by atoms with van der Waals surface area (Å²) >= 11 is 14.9. The first kappa shape index (κ1) is 15.3. The number of benzene rings is 2. The fourth-order valence-corrected chi connectivity index (χ4v) is 5.97. The predicted octanol–water partition coefficient (Wildman–Crippen LogP) is 6.62. The SMILES string of the molecule is Brc1cc2cc(Br)c1CCc1cc(Br)c(c(Br)c1)CC2. The lowest BCUT2D eigenvalue weighted by molar-refractivity contribution is 0.902. The van der Waals surface area contributed by atoms with Gasteiger partial charge in [0.15, 0.2) is 0 Å². The molecular formula is C16H12Br4. The van der Waals surface area contributed by atoms with E-state index in [4.69, 9.17) is 0 Å². The molecule has 4 heteroatoms. The molecule has 6 rings (SSSR count). The minimum absolute atomic E-state index is 1.03. The zero-order chi connectivity index (χ0) is 14.3. The first-order valence-corrected chi connectivity index (χ1v) is 9.65. The predicted molar refractivity (Wildman–Crippen MR) is 98.5 cm³/mol. The molecule has 4 aliphatic carbocycles. The van der Waals surface area contributed by atoms with Gasteiger partial charge in [-0.15, -0.1) is 0 Å². The molecule has 2 aromatic rings. The van der Waals surface area contributed by atoms with Crippen LogP contribution >= 0.6 is 63.7 Å². The van der Waals surface area contributed by atoms with Gasteiger partial charge in [0.25, 0.3) is 0 Å². The lowest BCUT2D eigenvalue weighted by Gasteiger charge is -2.16. The van der Waals surface area contributed by atoms with Gasteiger partial charge in [-0.25, -0.2) is 0 Å². The summed E-state index contributed by atoms with van der Waals surface area (Å²) < 4.78 is 4.87. The second-order valence-electron chi connectivity index (χ2n) is 5.08. The number of hydrogen-bond acceptors (Lipinski definition) is 0. The van der Waals surface area contributed by atoms with E-state index in [1.807, 2.05) is 0 Å². The van der Waals surface area contributed by atoms with Crippen molar-refractivity contribution >= 4 is 63.7 Å². The van der Waals surface area contributed by atoms with Crippen LogP contribution in [0.25, 0.3) is 0 Å². The Kier molecular flexibility index (Phi) is 4.76. The topological polar surface area (TPSA) is 0 Å². The fourth-order valence-electron chi connectivity index (χ4n) is 2.62. The number of halogens is 4. The van der Waals surface area contributed by atoms with E-state index in [1.54, 1.807) is 0 Å². The Hall–Kier alpha value is 0.360. The van der Waals surface area contributed by atoms with E-state index in [-0.39, 0.29) is 0 Å². The lowest BCUT2D eigenvalue weighted by Crippen LogP contribution is -2.02. The third-order valence-electron chi connectivity index (χ3n) is 3.73. The molecule has 0 aliphatic heterocycles. The molecule has 0 spiro atoms. The van der Waals surface area contributed by atoms with Crippen molar-refractivity contribution in [3.63, 3.8) is 0 Å². The van der Waals surface area contributed by atoms with Gasteiger partial charge in [0.05, 0.1) is 0 Å². The van der Waals surface area contributed by atoms with Gasteiger partial charge in [0.2, 0.25) is 0 Å². The summed E-state index contributed by atoms with van der Waals surface area (Å²) in [6.45, 7) is 0. The lowest BCUT2D eigenvalue weighted by atomic mass is 9.97. The van der Waals surface area contributed by atoms with E-state index in [9.17, 15) is 0 Å². The van der Waals surface area contributed by atoms with Gasteiger partial charge >= 0.3 is 0 Å². The first-order valence-electron chi connectivity index (χ1n) is 6.48. The Morgan fingerprint density at radius 1 is 0.500 bits per heavy atom. The molecule has 0 N–H and O–H groups in total. The molecule has 20 heavy (non-hydrogen) atoms. The van der Waals surface area contributed by atoms with Crippen LogP contribution in [0.1, 0.15) is 22.3 Å². The smallest absolute Gasteiger partial charge is 0.0221 e. The minimum atomic E-state index is 1.03. The summed E-state index contributed by atoms with van der Waals surface area (Å²) in [6, 6.07) is 9.04. The van der Waals surface area contributed by atoms with Crippen molar-refractivity contribution in [2.24, 2.45) is 0 Å². The van der Waals surface area contributed by atoms with Crippen molar-refractivity contribution < 1.29 is 0 Å². The Bertz CT molecular complexity index is 571. The highest BCUT2D eigenvalue weighted by molar-refractivity contribution is 9.11. The first-order chi connectivity index (χ1) is 9.54. The van der Waals surface area contributed by atoms with Crippen LogP contribution in [-0.4, -0.2) is 0 Å². The van der Waals surface area contributed by atoms with Crippen molar-refractivity contribution in [2.45, 2.75) is 25.7 Å². The minimum Gasteiger partial charge on any atom is -0.0505 e. The molecule has 0 nitrogen and oxygen atoms in total. The van der Waals surface area contributed by atoms with Crippen molar-refractivity contribution in [2.75, 3.05) is 0 Å². The summed E-state index contributed by atoms with van der Waals surface area (Å²) in [5.74, 6) is 0. The van der Waals surface area contributed by atoms with E-state index in [0.29, 0.717) is 0 Å². The zero-order valence-electron chi connectivity index (χ0n) is 10.6. The highest BCUT2D eigenvalue weighted by Crippen LogP contribution is 2.33. The molecule has 104 valence electrons. The van der Waals surface area contributed by atoms with Gasteiger partial charge in [-0.2, -0.15) is 0 Å². The summed E-state index contributed by atoms with van der Waals surface area (Å²) in [7, 11) is 0. The quantitative estimate of drug-likeness (QED) is 0.364. The van der Waals surface area contributed by atoms with E-state index >= 15 is 0 Å². The van der Waals surface area contributed by atoms with Crippen LogP contribution in [0.3, 0.4) is 0 Å². The molecule has 0 unspecified atom stereocenters. The molecule has 0 saturated carbocycles. The van der Waals surface area contributed by atoms with Crippen molar-refractivity contribution in [3.05, 3.63) is 64.4 Å². The van der Waals surface area contributed by atoms with Gasteiger partial charge in [0, 0.05) is 17.9 Å². The maximum Gasteiger partial charge on any atom is 0.0221 e. The average Bonchev–Trinajstić information content (AvgIpc) is 2.35. The molecule has 0 amide bonds. The normalized spacial score (nSPS) is 14.2. The van der Waals surface area contributed by atoms with Crippen LogP contribution in [0.2, 0.25) is 0 Å². The maximum atomic E-state index is 3.72. The van der Waals surface area contributed by atoms with Gasteiger partial charge in [-0.3, -0.25) is 0 Å². The second kappa shape index (κ2) is 6.23. The molecule has 4 bridgehead atoms. The van der Waals surface area contributed by atoms with Gasteiger partial charge in [0.1, 0.15) is 0 Å². The fraction of sp³-hybridized carbons (Fsp3) is 0.250. The highest BCUT2D eigenvalue weighted by Gasteiger charge is 2.13. The van der Waals surface area contributed by atoms with E-state index in [0.717, 1.165) is 25.7 Å². The second-order valence-corrected chi connectivity index (χ2v) is 8.49. The van der Waals surface area contributed by atoms with Gasteiger partial charge < -0.3 is 0 Å². The molecule has 0 heterocycles. The molecule has 4 aliphatic rings. The Labute approximate surface area is 152 Å².